The number of unbranched alkanes of at least 4 members (excludes halogenated alkanes) is 36. The Labute approximate surface area is 711 Å². The molecule has 6 aromatic carbocycles. The lowest BCUT2D eigenvalue weighted by Crippen LogP contribution is -2.46. The third-order valence-electron chi connectivity index (χ3n) is 28.2. The Morgan fingerprint density at radius 3 is 0.836 bits per heavy atom. The number of benzene rings is 6. The van der Waals surface area contributed by atoms with Crippen molar-refractivity contribution in [1.82, 2.24) is 9.80 Å². The molecular formula is C108H150N2O4S2. The summed E-state index contributed by atoms with van der Waals surface area (Å²) in [6.45, 7) is 19.1. The molecule has 116 heavy (non-hydrogen) atoms. The van der Waals surface area contributed by atoms with E-state index in [-0.39, 0.29) is 46.3 Å². The van der Waals surface area contributed by atoms with Crippen LogP contribution in [0, 0.1) is 11.8 Å². The van der Waals surface area contributed by atoms with E-state index in [9.17, 15) is 0 Å². The van der Waals surface area contributed by atoms with Gasteiger partial charge < -0.3 is 0 Å². The minimum atomic E-state index is -0.268. The summed E-state index contributed by atoms with van der Waals surface area (Å²) < 4.78 is 1.55. The largest absolute Gasteiger partial charge is 0.274 e. The average Bonchev–Trinajstić information content (AvgIpc) is 1.35. The molecule has 0 fully saturated rings. The van der Waals surface area contributed by atoms with Crippen LogP contribution in [0.3, 0.4) is 0 Å². The second kappa shape index (κ2) is 44.9. The summed E-state index contributed by atoms with van der Waals surface area (Å²) in [5.41, 5.74) is 15.0. The Kier molecular flexibility index (Phi) is 34.5. The van der Waals surface area contributed by atoms with E-state index in [1.54, 1.807) is 32.5 Å². The van der Waals surface area contributed by atoms with Gasteiger partial charge in [0.2, 0.25) is 0 Å². The molecule has 2 atom stereocenters. The van der Waals surface area contributed by atoms with Crippen LogP contribution in [0.5, 0.6) is 0 Å². The van der Waals surface area contributed by atoms with Crippen LogP contribution in [0.15, 0.2) is 97.1 Å². The van der Waals surface area contributed by atoms with Crippen molar-refractivity contribution in [3.63, 3.8) is 0 Å². The lowest BCUT2D eigenvalue weighted by molar-refractivity contribution is 0.0560. The molecule has 8 heteroatoms. The lowest BCUT2D eigenvalue weighted by atomic mass is 9.70. The van der Waals surface area contributed by atoms with Crippen LogP contribution in [0.1, 0.15) is 453 Å². The maximum Gasteiger partial charge on any atom is 0.262 e. The number of hydrogen-bond donors (Lipinski definition) is 0. The maximum absolute atomic E-state index is 17.0. The molecular weight excluding hydrogens is 1450 g/mol. The average molecular weight is 1600 g/mol. The topological polar surface area (TPSA) is 74.8 Å². The molecule has 4 aliphatic rings. The lowest BCUT2D eigenvalue weighted by Gasteiger charge is -2.35. The minimum absolute atomic E-state index is 0.137. The van der Waals surface area contributed by atoms with Crippen molar-refractivity contribution in [3.8, 4) is 43.1 Å². The zero-order chi connectivity index (χ0) is 81.2. The zero-order valence-corrected chi connectivity index (χ0v) is 75.6. The Balaban J connectivity index is 1.07. The highest BCUT2D eigenvalue weighted by Gasteiger charge is 2.48. The van der Waals surface area contributed by atoms with Gasteiger partial charge >= 0.3 is 0 Å². The van der Waals surface area contributed by atoms with Gasteiger partial charge in [-0.25, -0.2) is 0 Å². The van der Waals surface area contributed by atoms with E-state index in [2.05, 4.69) is 152 Å². The van der Waals surface area contributed by atoms with Crippen molar-refractivity contribution in [3.05, 3.63) is 142 Å². The molecule has 8 aromatic rings. The van der Waals surface area contributed by atoms with Crippen LogP contribution in [0.4, 0.5) is 0 Å². The van der Waals surface area contributed by atoms with Crippen LogP contribution < -0.4 is 0 Å². The number of hydrogen-bond acceptors (Lipinski definition) is 6. The first-order valence-electron chi connectivity index (χ1n) is 48.7. The summed E-state index contributed by atoms with van der Waals surface area (Å²) in [4.78, 5) is 73.4. The maximum atomic E-state index is 17.0. The molecule has 12 rings (SSSR count). The summed E-state index contributed by atoms with van der Waals surface area (Å²) in [7, 11) is 0. The molecule has 0 saturated carbocycles. The summed E-state index contributed by atoms with van der Waals surface area (Å²) in [6, 6.07) is 37.6. The smallest absolute Gasteiger partial charge is 0.262 e. The molecule has 0 N–H and O–H groups in total. The SMILES string of the molecule is CCCCCCCCCCC(CCCCCCCC)CN1C(=O)c2c3cc(-c4ccc5c(c4)C(CCCCCC)(CCCCCC)c4ccccc4-5)sc3c3c4c(c5cc(-c6ccc7c(c6)C(CCCCCC)(CCCCCC)c6ccccc6-7)sc5c(c24)C1=O)C(=O)N(CC(CCCCCCCC)CCCCCCCCCC)C3=O. The van der Waals surface area contributed by atoms with Crippen LogP contribution >= 0.6 is 22.7 Å². The highest BCUT2D eigenvalue weighted by molar-refractivity contribution is 7.23. The van der Waals surface area contributed by atoms with Gasteiger partial charge in [-0.15, -0.1) is 22.7 Å². The monoisotopic (exact) mass is 1600 g/mol. The quantitative estimate of drug-likeness (QED) is 0.0281. The standard InChI is InChI=1S/C108H150N2O4S2/c1-9-17-25-33-37-39-43-47-59-79(57-45-41-35-27-19-11-3)77-109-103(111)95-87-75-93(81-65-67-85-83-61-49-51-63-89(83)107(91(85)73-81,69-53-29-21-13-5)70-54-30-22-14-6)116-102(87)100-98-96(104(112)110(106(100)114)78-80(58-46-42-36-28-20-12-4)60-48-44-40-38-34-26-18-10-2)88-76-94(115-101(88)99(97(95)98)105(109)113)82-66-68-86-84-62-50-52-64-90(84)108(92(86)74-82,71-55-31-23-15-7)72-56-32-24-16-8/h49-52,61-68,73-76,79-80H,9-48,53-60,69-72,77-78H2,1-8H3. The van der Waals surface area contributed by atoms with E-state index >= 15 is 19.2 Å². The van der Waals surface area contributed by atoms with Crippen molar-refractivity contribution in [2.75, 3.05) is 13.1 Å². The predicted molar refractivity (Wildman–Crippen MR) is 501 cm³/mol. The van der Waals surface area contributed by atoms with Gasteiger partial charge in [-0.05, 0) is 143 Å². The molecule has 0 bridgehead atoms. The first kappa shape index (κ1) is 89.0. The Bertz CT molecular complexity index is 4090. The van der Waals surface area contributed by atoms with Gasteiger partial charge in [0.1, 0.15) is 0 Å². The van der Waals surface area contributed by atoms with Crippen molar-refractivity contribution < 1.29 is 19.2 Å². The number of nitrogens with zero attached hydrogens (tertiary/aromatic N) is 2. The van der Waals surface area contributed by atoms with Crippen LogP contribution in [0.25, 0.3) is 74.1 Å². The summed E-state index contributed by atoms with van der Waals surface area (Å²) >= 11 is 3.30. The molecule has 2 aliphatic heterocycles. The number of carbonyl (C=O) groups is 4. The second-order valence-electron chi connectivity index (χ2n) is 36.8. The number of carbonyl (C=O) groups excluding carboxylic acids is 4. The molecule has 2 aliphatic carbocycles. The van der Waals surface area contributed by atoms with Crippen molar-refractivity contribution in [1.29, 1.82) is 0 Å². The number of imide groups is 2. The van der Waals surface area contributed by atoms with Gasteiger partial charge in [0.15, 0.2) is 0 Å². The molecule has 0 spiro atoms. The van der Waals surface area contributed by atoms with Gasteiger partial charge in [-0.1, -0.05) is 411 Å². The third-order valence-corrected chi connectivity index (χ3v) is 30.6. The molecule has 0 radical (unpaired) electrons. The molecule has 0 saturated heterocycles. The first-order valence-corrected chi connectivity index (χ1v) is 50.3. The third kappa shape index (κ3) is 20.3. The van der Waals surface area contributed by atoms with Crippen molar-refractivity contribution >= 4 is 77.2 Å². The Morgan fingerprint density at radius 2 is 0.534 bits per heavy atom. The number of fused-ring (bicyclic) bond motifs is 12. The van der Waals surface area contributed by atoms with Crippen LogP contribution in [0.2, 0.25) is 0 Å². The molecule has 2 unspecified atom stereocenters. The van der Waals surface area contributed by atoms with Crippen molar-refractivity contribution in [2.24, 2.45) is 11.8 Å². The summed E-state index contributed by atoms with van der Waals surface area (Å²) in [5, 5.41) is 2.56. The van der Waals surface area contributed by atoms with Gasteiger partial charge in [-0.3, -0.25) is 29.0 Å². The number of thiophene rings is 2. The van der Waals surface area contributed by atoms with Gasteiger partial charge in [0.25, 0.3) is 23.6 Å². The fraction of sp³-hybridized carbons (Fsp3) is 0.611. The number of rotatable bonds is 58. The van der Waals surface area contributed by atoms with E-state index in [0.29, 0.717) is 46.1 Å². The molecule has 2 aromatic heterocycles. The number of amides is 4. The molecule has 4 amide bonds. The molecule has 628 valence electrons. The van der Waals surface area contributed by atoms with Crippen LogP contribution in [-0.4, -0.2) is 46.5 Å². The van der Waals surface area contributed by atoms with E-state index in [1.807, 2.05) is 0 Å². The first-order chi connectivity index (χ1) is 57.0. The van der Waals surface area contributed by atoms with E-state index in [0.717, 1.165) is 144 Å². The minimum Gasteiger partial charge on any atom is -0.274 e. The highest BCUT2D eigenvalue weighted by Crippen LogP contribution is 2.59. The molecule has 6 nitrogen and oxygen atoms in total. The van der Waals surface area contributed by atoms with E-state index < -0.39 is 0 Å². The Hall–Kier alpha value is -6.22. The van der Waals surface area contributed by atoms with E-state index in [4.69, 9.17) is 0 Å². The van der Waals surface area contributed by atoms with Gasteiger partial charge in [-0.2, -0.15) is 0 Å². The van der Waals surface area contributed by atoms with Crippen molar-refractivity contribution in [2.45, 2.75) is 400 Å². The fourth-order valence-electron chi connectivity index (χ4n) is 21.7. The summed E-state index contributed by atoms with van der Waals surface area (Å²) in [5.74, 6) is -0.791. The normalized spacial score (nSPS) is 15.0. The predicted octanol–water partition coefficient (Wildman–Crippen LogP) is 34.0. The van der Waals surface area contributed by atoms with Gasteiger partial charge in [0.05, 0.1) is 22.3 Å². The second-order valence-corrected chi connectivity index (χ2v) is 38.9. The van der Waals surface area contributed by atoms with Crippen LogP contribution in [-0.2, 0) is 10.8 Å². The van der Waals surface area contributed by atoms with E-state index in [1.165, 1.54) is 276 Å². The highest BCUT2D eigenvalue weighted by atomic mass is 32.1. The summed E-state index contributed by atoms with van der Waals surface area (Å²) in [6.07, 6.45) is 61.4. The zero-order valence-electron chi connectivity index (χ0n) is 73.9. The fourth-order valence-corrected chi connectivity index (χ4v) is 24.1. The Morgan fingerprint density at radius 1 is 0.276 bits per heavy atom. The van der Waals surface area contributed by atoms with Gasteiger partial charge in [0, 0.05) is 64.6 Å². The molecule has 4 heterocycles.